The van der Waals surface area contributed by atoms with Crippen molar-refractivity contribution >= 4 is 17.9 Å². The molecule has 3 aromatic rings. The molecule has 8 nitrogen and oxygen atoms in total. The van der Waals surface area contributed by atoms with Gasteiger partial charge in [0.1, 0.15) is 23.1 Å². The highest BCUT2D eigenvalue weighted by Gasteiger charge is 2.35. The minimum atomic E-state index is -0.573. The maximum absolute atomic E-state index is 13.6. The van der Waals surface area contributed by atoms with Crippen molar-refractivity contribution in [2.24, 2.45) is 5.92 Å². The predicted octanol–water partition coefficient (Wildman–Crippen LogP) is 5.90. The molecule has 41 heavy (non-hydrogen) atoms. The van der Waals surface area contributed by atoms with Crippen molar-refractivity contribution in [3.05, 3.63) is 82.6 Å². The number of amides is 2. The van der Waals surface area contributed by atoms with Crippen molar-refractivity contribution in [1.29, 1.82) is 5.26 Å². The lowest BCUT2D eigenvalue weighted by Gasteiger charge is -2.27. The summed E-state index contributed by atoms with van der Waals surface area (Å²) in [5, 5.41) is 14.7. The first-order valence-corrected chi connectivity index (χ1v) is 13.9. The van der Waals surface area contributed by atoms with Crippen LogP contribution in [0.3, 0.4) is 0 Å². The van der Waals surface area contributed by atoms with Crippen LogP contribution in [0.25, 0.3) is 23.0 Å². The van der Waals surface area contributed by atoms with Crippen molar-refractivity contribution in [2.45, 2.75) is 41.0 Å². The van der Waals surface area contributed by atoms with Crippen LogP contribution in [0.15, 0.2) is 71.4 Å². The minimum Gasteiger partial charge on any atom is -0.493 e. The van der Waals surface area contributed by atoms with Crippen LogP contribution in [0.4, 0.5) is 0 Å². The number of aryl methyl sites for hydroxylation is 1. The third-order valence-electron chi connectivity index (χ3n) is 6.80. The van der Waals surface area contributed by atoms with E-state index in [1.807, 2.05) is 74.6 Å². The molecule has 0 spiro atoms. The Labute approximate surface area is 241 Å². The second-order valence-corrected chi connectivity index (χ2v) is 10.4. The summed E-state index contributed by atoms with van der Waals surface area (Å²) in [6.45, 7) is 11.5. The summed E-state index contributed by atoms with van der Waals surface area (Å²) >= 11 is 0. The largest absolute Gasteiger partial charge is 0.493 e. The first-order chi connectivity index (χ1) is 19.7. The molecule has 1 aliphatic rings. The molecule has 0 aliphatic carbocycles. The standard InChI is InChI=1S/C33H36N4O4/c1-6-40-16-10-15-36-32(38)29(24(5)30(19-34)33(36)39)18-25-20-37(26-11-8-7-9-12-26)35-31(25)28-14-13-27(17-23(28)4)41-21-22(2)3/h7-9,11-14,17-18,20,22H,6,10,15-16,21H2,1-5H3/b29-18+. The fourth-order valence-electron chi connectivity index (χ4n) is 4.63. The Morgan fingerprint density at radius 2 is 1.83 bits per heavy atom. The summed E-state index contributed by atoms with van der Waals surface area (Å²) in [5.74, 6) is 0.179. The second-order valence-electron chi connectivity index (χ2n) is 10.4. The Morgan fingerprint density at radius 1 is 1.07 bits per heavy atom. The fourth-order valence-corrected chi connectivity index (χ4v) is 4.63. The summed E-state index contributed by atoms with van der Waals surface area (Å²) in [7, 11) is 0. The van der Waals surface area contributed by atoms with Gasteiger partial charge in [0.05, 0.1) is 12.3 Å². The minimum absolute atomic E-state index is 0.0351. The van der Waals surface area contributed by atoms with Crippen LogP contribution in [0.5, 0.6) is 5.75 Å². The maximum atomic E-state index is 13.6. The van der Waals surface area contributed by atoms with E-state index in [-0.39, 0.29) is 12.1 Å². The van der Waals surface area contributed by atoms with Crippen molar-refractivity contribution in [3.8, 4) is 28.8 Å². The lowest BCUT2D eigenvalue weighted by atomic mass is 9.92. The third-order valence-corrected chi connectivity index (χ3v) is 6.80. The summed E-state index contributed by atoms with van der Waals surface area (Å²) in [4.78, 5) is 27.8. The number of nitrogens with zero attached hydrogens (tertiary/aromatic N) is 4. The smallest absolute Gasteiger partial charge is 0.271 e. The number of benzene rings is 2. The predicted molar refractivity (Wildman–Crippen MR) is 158 cm³/mol. The van der Waals surface area contributed by atoms with Crippen molar-refractivity contribution < 1.29 is 19.1 Å². The number of rotatable bonds is 11. The average Bonchev–Trinajstić information content (AvgIpc) is 3.38. The highest BCUT2D eigenvalue weighted by Crippen LogP contribution is 2.33. The van der Waals surface area contributed by atoms with E-state index < -0.39 is 11.8 Å². The molecule has 0 bridgehead atoms. The molecule has 0 N–H and O–H groups in total. The molecule has 0 unspecified atom stereocenters. The molecule has 0 radical (unpaired) electrons. The lowest BCUT2D eigenvalue weighted by molar-refractivity contribution is -0.140. The van der Waals surface area contributed by atoms with Gasteiger partial charge in [-0.25, -0.2) is 4.68 Å². The van der Waals surface area contributed by atoms with Crippen molar-refractivity contribution in [2.75, 3.05) is 26.4 Å². The summed E-state index contributed by atoms with van der Waals surface area (Å²) in [6, 6.07) is 17.6. The molecule has 1 aliphatic heterocycles. The van der Waals surface area contributed by atoms with Gasteiger partial charge in [-0.05, 0) is 80.7 Å². The van der Waals surface area contributed by atoms with E-state index in [4.69, 9.17) is 14.6 Å². The van der Waals surface area contributed by atoms with Gasteiger partial charge in [-0.15, -0.1) is 0 Å². The molecule has 2 amide bonds. The molecule has 2 heterocycles. The van der Waals surface area contributed by atoms with E-state index in [1.165, 1.54) is 0 Å². The zero-order valence-corrected chi connectivity index (χ0v) is 24.3. The number of aromatic nitrogens is 2. The molecule has 1 aromatic heterocycles. The van der Waals surface area contributed by atoms with Gasteiger partial charge in [0.25, 0.3) is 11.8 Å². The number of para-hydroxylation sites is 1. The van der Waals surface area contributed by atoms with E-state index in [0.29, 0.717) is 54.6 Å². The number of imide groups is 1. The lowest BCUT2D eigenvalue weighted by Crippen LogP contribution is -2.43. The molecule has 2 aromatic carbocycles. The number of carbonyl (C=O) groups is 2. The monoisotopic (exact) mass is 552 g/mol. The van der Waals surface area contributed by atoms with Gasteiger partial charge in [-0.2, -0.15) is 10.4 Å². The molecule has 0 saturated carbocycles. The summed E-state index contributed by atoms with van der Waals surface area (Å²) in [6.07, 6.45) is 4.09. The van der Waals surface area contributed by atoms with E-state index in [2.05, 4.69) is 13.8 Å². The summed E-state index contributed by atoms with van der Waals surface area (Å²) in [5.41, 5.74) is 4.70. The first-order valence-electron chi connectivity index (χ1n) is 13.9. The average molecular weight is 553 g/mol. The van der Waals surface area contributed by atoms with Gasteiger partial charge in [-0.1, -0.05) is 32.0 Å². The SMILES string of the molecule is CCOCCCN1C(=O)C(C#N)=C(C)/C(=C\c2cn(-c3ccccc3)nc2-c2ccc(OCC(C)C)cc2C)C1=O. The molecule has 0 saturated heterocycles. The molecule has 0 fully saturated rings. The molecule has 212 valence electrons. The Bertz CT molecular complexity index is 1530. The van der Waals surface area contributed by atoms with E-state index in [1.54, 1.807) is 17.7 Å². The zero-order chi connectivity index (χ0) is 29.5. The third kappa shape index (κ3) is 6.64. The number of hydrogen-bond acceptors (Lipinski definition) is 6. The van der Waals surface area contributed by atoms with E-state index in [9.17, 15) is 14.9 Å². The Hall–Kier alpha value is -4.48. The quantitative estimate of drug-likeness (QED) is 0.167. The Morgan fingerprint density at radius 3 is 2.49 bits per heavy atom. The Kier molecular flexibility index (Phi) is 9.53. The van der Waals surface area contributed by atoms with Crippen LogP contribution < -0.4 is 4.74 Å². The normalized spacial score (nSPS) is 14.8. The number of nitriles is 1. The van der Waals surface area contributed by atoms with Gasteiger partial charge in [-0.3, -0.25) is 14.5 Å². The fraction of sp³-hybridized carbons (Fsp3) is 0.333. The summed E-state index contributed by atoms with van der Waals surface area (Å²) < 4.78 is 13.1. The molecular weight excluding hydrogens is 516 g/mol. The molecule has 8 heteroatoms. The van der Waals surface area contributed by atoms with Crippen molar-refractivity contribution in [3.63, 3.8) is 0 Å². The molecule has 0 atom stereocenters. The highest BCUT2D eigenvalue weighted by atomic mass is 16.5. The van der Waals surface area contributed by atoms with Crippen molar-refractivity contribution in [1.82, 2.24) is 14.7 Å². The van der Waals surface area contributed by atoms with Gasteiger partial charge in [0.15, 0.2) is 0 Å². The van der Waals surface area contributed by atoms with Crippen LogP contribution >= 0.6 is 0 Å². The second kappa shape index (κ2) is 13.2. The van der Waals surface area contributed by atoms with Gasteiger partial charge in [0, 0.05) is 42.7 Å². The number of ether oxygens (including phenoxy) is 2. The van der Waals surface area contributed by atoms with Crippen LogP contribution in [-0.2, 0) is 14.3 Å². The van der Waals surface area contributed by atoms with Gasteiger partial charge >= 0.3 is 0 Å². The number of hydrogen-bond donors (Lipinski definition) is 0. The van der Waals surface area contributed by atoms with Crippen LogP contribution in [0.2, 0.25) is 0 Å². The van der Waals surface area contributed by atoms with Crippen LogP contribution in [0.1, 0.15) is 45.2 Å². The first kappa shape index (κ1) is 29.5. The molecule has 4 rings (SSSR count). The zero-order valence-electron chi connectivity index (χ0n) is 24.3. The topological polar surface area (TPSA) is 97.5 Å². The number of carbonyl (C=O) groups excluding carboxylic acids is 2. The van der Waals surface area contributed by atoms with Crippen LogP contribution in [-0.4, -0.2) is 52.9 Å². The van der Waals surface area contributed by atoms with Gasteiger partial charge in [0.2, 0.25) is 0 Å². The maximum Gasteiger partial charge on any atom is 0.271 e. The Balaban J connectivity index is 1.82. The van der Waals surface area contributed by atoms with Gasteiger partial charge < -0.3 is 9.47 Å². The van der Waals surface area contributed by atoms with E-state index in [0.717, 1.165) is 27.5 Å². The molecular formula is C33H36N4O4. The highest BCUT2D eigenvalue weighted by molar-refractivity contribution is 6.19. The van der Waals surface area contributed by atoms with E-state index >= 15 is 0 Å². The van der Waals surface area contributed by atoms with Crippen LogP contribution in [0, 0.1) is 24.2 Å².